The Labute approximate surface area is 129 Å². The molecule has 2 nitrogen and oxygen atoms in total. The lowest BCUT2D eigenvalue weighted by Gasteiger charge is -2.10. The molecule has 0 aliphatic heterocycles. The number of benzene rings is 2. The maximum absolute atomic E-state index is 12.2. The standard InChI is InChI=1S/C13H10Cl3NOS/c14-8-9-1-2-11(16)7-13(9)17-19(18)12-5-3-10(15)4-6-12/h1-7,17H,8H2. The molecule has 1 unspecified atom stereocenters. The van der Waals surface area contributed by atoms with E-state index in [0.29, 0.717) is 26.5 Å². The van der Waals surface area contributed by atoms with E-state index in [0.717, 1.165) is 5.56 Å². The second kappa shape index (κ2) is 6.62. The third-order valence-electron chi connectivity index (χ3n) is 2.45. The van der Waals surface area contributed by atoms with Crippen LogP contribution in [0.4, 0.5) is 5.69 Å². The average molecular weight is 335 g/mol. The van der Waals surface area contributed by atoms with Gasteiger partial charge in [-0.2, -0.15) is 0 Å². The van der Waals surface area contributed by atoms with Crippen molar-refractivity contribution in [1.82, 2.24) is 0 Å². The smallest absolute Gasteiger partial charge is 0.150 e. The fraction of sp³-hybridized carbons (Fsp3) is 0.0769. The number of rotatable bonds is 4. The molecular formula is C13H10Cl3NOS. The van der Waals surface area contributed by atoms with E-state index < -0.39 is 11.0 Å². The van der Waals surface area contributed by atoms with E-state index in [2.05, 4.69) is 4.72 Å². The normalized spacial score (nSPS) is 12.2. The number of hydrogen-bond donors (Lipinski definition) is 1. The van der Waals surface area contributed by atoms with Crippen molar-refractivity contribution in [2.45, 2.75) is 10.8 Å². The highest BCUT2D eigenvalue weighted by atomic mass is 35.5. The molecule has 0 bridgehead atoms. The Kier molecular flexibility index (Phi) is 5.11. The minimum absolute atomic E-state index is 0.317. The second-order valence-electron chi connectivity index (χ2n) is 3.76. The average Bonchev–Trinajstić information content (AvgIpc) is 2.39. The highest BCUT2D eigenvalue weighted by Gasteiger charge is 2.08. The third-order valence-corrected chi connectivity index (χ3v) is 4.33. The molecule has 100 valence electrons. The first-order valence-electron chi connectivity index (χ1n) is 5.38. The van der Waals surface area contributed by atoms with Crippen LogP contribution in [0.2, 0.25) is 10.0 Å². The highest BCUT2D eigenvalue weighted by molar-refractivity contribution is 7.86. The largest absolute Gasteiger partial charge is 0.301 e. The van der Waals surface area contributed by atoms with Crippen molar-refractivity contribution < 1.29 is 4.21 Å². The predicted octanol–water partition coefficient (Wildman–Crippen LogP) is 4.87. The molecule has 2 aromatic carbocycles. The zero-order chi connectivity index (χ0) is 13.8. The Morgan fingerprint density at radius 3 is 2.26 bits per heavy atom. The van der Waals surface area contributed by atoms with E-state index in [9.17, 15) is 4.21 Å². The van der Waals surface area contributed by atoms with Crippen molar-refractivity contribution in [1.29, 1.82) is 0 Å². The first-order valence-corrected chi connectivity index (χ1v) is 7.82. The van der Waals surface area contributed by atoms with Crippen LogP contribution in [0.5, 0.6) is 0 Å². The summed E-state index contributed by atoms with van der Waals surface area (Å²) in [5, 5.41) is 1.16. The minimum Gasteiger partial charge on any atom is -0.301 e. The molecule has 2 aromatic rings. The van der Waals surface area contributed by atoms with E-state index in [-0.39, 0.29) is 0 Å². The van der Waals surface area contributed by atoms with Gasteiger partial charge in [-0.25, -0.2) is 4.21 Å². The summed E-state index contributed by atoms with van der Waals surface area (Å²) in [6, 6.07) is 12.0. The van der Waals surface area contributed by atoms with Gasteiger partial charge in [0.2, 0.25) is 0 Å². The maximum Gasteiger partial charge on any atom is 0.150 e. The Morgan fingerprint density at radius 2 is 1.63 bits per heavy atom. The predicted molar refractivity (Wildman–Crippen MR) is 82.5 cm³/mol. The molecule has 0 amide bonds. The molecule has 0 saturated carbocycles. The number of hydrogen-bond acceptors (Lipinski definition) is 1. The van der Waals surface area contributed by atoms with Gasteiger partial charge in [0.15, 0.2) is 0 Å². The molecule has 2 rings (SSSR count). The van der Waals surface area contributed by atoms with E-state index in [1.54, 1.807) is 42.5 Å². The summed E-state index contributed by atoms with van der Waals surface area (Å²) in [6.07, 6.45) is 0. The Bertz CT molecular complexity index is 601. The highest BCUT2D eigenvalue weighted by Crippen LogP contribution is 2.24. The minimum atomic E-state index is -1.39. The fourth-order valence-corrected chi connectivity index (χ4v) is 2.90. The van der Waals surface area contributed by atoms with Gasteiger partial charge in [-0.3, -0.25) is 0 Å². The van der Waals surface area contributed by atoms with E-state index in [1.165, 1.54) is 0 Å². The lowest BCUT2D eigenvalue weighted by molar-refractivity contribution is 0.686. The Morgan fingerprint density at radius 1 is 1.00 bits per heavy atom. The van der Waals surface area contributed by atoms with Crippen LogP contribution >= 0.6 is 34.8 Å². The number of halogens is 3. The molecule has 0 heterocycles. The van der Waals surface area contributed by atoms with Crippen LogP contribution in [0.15, 0.2) is 47.4 Å². The molecule has 0 aliphatic rings. The molecule has 0 fully saturated rings. The molecule has 6 heteroatoms. The van der Waals surface area contributed by atoms with Gasteiger partial charge in [-0.05, 0) is 42.0 Å². The quantitative estimate of drug-likeness (QED) is 0.794. The fourth-order valence-electron chi connectivity index (χ4n) is 1.48. The van der Waals surface area contributed by atoms with Crippen molar-refractivity contribution in [2.24, 2.45) is 0 Å². The summed E-state index contributed by atoms with van der Waals surface area (Å²) in [4.78, 5) is 0.630. The van der Waals surface area contributed by atoms with Crippen LogP contribution in [-0.4, -0.2) is 4.21 Å². The van der Waals surface area contributed by atoms with Crippen LogP contribution in [0.25, 0.3) is 0 Å². The Balaban J connectivity index is 2.23. The number of nitrogens with one attached hydrogen (secondary N) is 1. The first kappa shape index (κ1) is 14.7. The van der Waals surface area contributed by atoms with Gasteiger partial charge < -0.3 is 4.72 Å². The van der Waals surface area contributed by atoms with Gasteiger partial charge >= 0.3 is 0 Å². The van der Waals surface area contributed by atoms with Crippen LogP contribution in [0, 0.1) is 0 Å². The lowest BCUT2D eigenvalue weighted by Crippen LogP contribution is -2.06. The Hall–Kier alpha value is -0.740. The van der Waals surface area contributed by atoms with Crippen LogP contribution in [-0.2, 0) is 16.9 Å². The summed E-state index contributed by atoms with van der Waals surface area (Å²) in [5.41, 5.74) is 1.50. The van der Waals surface area contributed by atoms with E-state index >= 15 is 0 Å². The van der Waals surface area contributed by atoms with Crippen LogP contribution in [0.3, 0.4) is 0 Å². The molecule has 0 radical (unpaired) electrons. The van der Waals surface area contributed by atoms with E-state index in [1.807, 2.05) is 0 Å². The van der Waals surface area contributed by atoms with Gasteiger partial charge in [0.05, 0.1) is 10.6 Å². The van der Waals surface area contributed by atoms with Gasteiger partial charge in [0, 0.05) is 15.9 Å². The molecule has 0 aromatic heterocycles. The van der Waals surface area contributed by atoms with Gasteiger partial charge in [-0.15, -0.1) is 11.6 Å². The number of alkyl halides is 1. The van der Waals surface area contributed by atoms with Gasteiger partial charge in [0.25, 0.3) is 0 Å². The maximum atomic E-state index is 12.2. The lowest BCUT2D eigenvalue weighted by atomic mass is 10.2. The second-order valence-corrected chi connectivity index (χ2v) is 6.11. The first-order chi connectivity index (χ1) is 9.10. The summed E-state index contributed by atoms with van der Waals surface area (Å²) in [7, 11) is -1.39. The molecule has 0 saturated heterocycles. The van der Waals surface area contributed by atoms with Crippen LogP contribution in [0.1, 0.15) is 5.56 Å². The van der Waals surface area contributed by atoms with Crippen molar-refractivity contribution >= 4 is 51.5 Å². The molecule has 1 N–H and O–H groups in total. The van der Waals surface area contributed by atoms with Crippen molar-refractivity contribution in [2.75, 3.05) is 4.72 Å². The van der Waals surface area contributed by atoms with Gasteiger partial charge in [0.1, 0.15) is 11.0 Å². The molecular weight excluding hydrogens is 325 g/mol. The van der Waals surface area contributed by atoms with Crippen LogP contribution < -0.4 is 4.72 Å². The van der Waals surface area contributed by atoms with Gasteiger partial charge in [-0.1, -0.05) is 29.3 Å². The zero-order valence-corrected chi connectivity index (χ0v) is 12.8. The van der Waals surface area contributed by atoms with Crippen molar-refractivity contribution in [3.8, 4) is 0 Å². The van der Waals surface area contributed by atoms with Crippen molar-refractivity contribution in [3.63, 3.8) is 0 Å². The summed E-state index contributed by atoms with van der Waals surface area (Å²) < 4.78 is 15.1. The topological polar surface area (TPSA) is 29.1 Å². The number of anilines is 1. The molecule has 0 spiro atoms. The summed E-state index contributed by atoms with van der Waals surface area (Å²) in [6.45, 7) is 0. The van der Waals surface area contributed by atoms with Crippen molar-refractivity contribution in [3.05, 3.63) is 58.1 Å². The molecule has 19 heavy (non-hydrogen) atoms. The monoisotopic (exact) mass is 333 g/mol. The zero-order valence-electron chi connectivity index (χ0n) is 9.70. The molecule has 0 aliphatic carbocycles. The SMILES string of the molecule is O=S(Nc1cc(Cl)ccc1CCl)c1ccc(Cl)cc1. The molecule has 1 atom stereocenters. The summed E-state index contributed by atoms with van der Waals surface area (Å²) in [5.74, 6) is 0.317. The van der Waals surface area contributed by atoms with E-state index in [4.69, 9.17) is 34.8 Å². The third kappa shape index (κ3) is 3.86. The summed E-state index contributed by atoms with van der Waals surface area (Å²) >= 11 is 17.6.